The van der Waals surface area contributed by atoms with Crippen molar-refractivity contribution in [2.45, 2.75) is 0 Å². The standard InChI is InChI=1S/C43H22B2F12N4O2S2/c1-44(54,55)62-43-37-13-12-36(39-15-17-41(65-39)60(34-10-4-24(48)20-28(34)52)35-11-5-25(49)21-29(35)53)61(37)45(56,57)63-42(43)31-7-6-30(58-31)38-14-16-40(64-38)59(32-8-2-22(46)18-26(32)50)33-9-3-23(47)19-27(33)51/h2-21H,1H2/b42-31+. The van der Waals surface area contributed by atoms with Gasteiger partial charge in [0.05, 0.1) is 38.2 Å². The molecule has 0 amide bonds. The number of halogens is 12. The average Bonchev–Trinajstić information content (AvgIpc) is 4.06. The number of rotatable bonds is 10. The first kappa shape index (κ1) is 43.2. The van der Waals surface area contributed by atoms with Gasteiger partial charge in [0.2, 0.25) is 5.70 Å². The Kier molecular flexibility index (Phi) is 10.8. The Bertz CT molecular complexity index is 3060. The predicted octanol–water partition coefficient (Wildman–Crippen LogP) is 13.4. The molecule has 328 valence electrons. The van der Waals surface area contributed by atoms with E-state index in [2.05, 4.69) is 11.8 Å². The number of anilines is 6. The minimum absolute atomic E-state index is 0.00145. The van der Waals surface area contributed by atoms with Gasteiger partial charge in [-0.15, -0.1) is 22.7 Å². The molecule has 0 bridgehead atoms. The molecule has 6 nitrogen and oxygen atoms in total. The van der Waals surface area contributed by atoms with E-state index in [1.54, 1.807) is 0 Å². The highest BCUT2D eigenvalue weighted by Crippen LogP contribution is 2.46. The molecular formula is C43H22B2F12N4O2S2. The van der Waals surface area contributed by atoms with E-state index in [9.17, 15) is 26.2 Å². The SMILES string of the molecule is [CH2+][B-](F)(F)OC1=C2C=CC(c3ccc(N(c4ccc(F)cc4F)c4ccc(F)cc4F)s3)=[N+]2[B-](F)(F)O/C1=C1\C=CC(c2ccc(N(c3ccc(F)cc3F)c3ccc(F)cc3F)s2)=N1. The van der Waals surface area contributed by atoms with Crippen LogP contribution in [0.1, 0.15) is 9.75 Å². The van der Waals surface area contributed by atoms with Crippen LogP contribution >= 0.6 is 22.7 Å². The zero-order valence-corrected chi connectivity index (χ0v) is 34.0. The number of hydrogen-bond donors (Lipinski definition) is 0. The first-order valence-electron chi connectivity index (χ1n) is 18.8. The summed E-state index contributed by atoms with van der Waals surface area (Å²) < 4.78 is 189. The second-order valence-corrected chi connectivity index (χ2v) is 16.3. The van der Waals surface area contributed by atoms with Crippen LogP contribution in [0.15, 0.2) is 149 Å². The number of thiophene rings is 2. The van der Waals surface area contributed by atoms with Crippen molar-refractivity contribution in [2.75, 3.05) is 9.80 Å². The van der Waals surface area contributed by atoms with Crippen molar-refractivity contribution in [3.8, 4) is 0 Å². The third kappa shape index (κ3) is 8.18. The van der Waals surface area contributed by atoms with Crippen LogP contribution in [0.2, 0.25) is 0 Å². The van der Waals surface area contributed by atoms with Gasteiger partial charge in [-0.1, -0.05) is 0 Å². The van der Waals surface area contributed by atoms with Gasteiger partial charge in [0.1, 0.15) is 68.0 Å². The third-order valence-electron chi connectivity index (χ3n) is 9.81. The van der Waals surface area contributed by atoms with E-state index in [1.165, 1.54) is 36.4 Å². The number of fused-ring (bicyclic) bond motifs is 1. The maximum absolute atomic E-state index is 16.5. The zero-order chi connectivity index (χ0) is 46.1. The van der Waals surface area contributed by atoms with Gasteiger partial charge < -0.3 is 31.1 Å². The summed E-state index contributed by atoms with van der Waals surface area (Å²) in [5.41, 5.74) is -2.65. The Morgan fingerprint density at radius 3 is 1.48 bits per heavy atom. The van der Waals surface area contributed by atoms with Crippen molar-refractivity contribution >= 4 is 80.8 Å². The molecule has 0 aliphatic carbocycles. The van der Waals surface area contributed by atoms with Crippen molar-refractivity contribution in [1.82, 2.24) is 0 Å². The summed E-state index contributed by atoms with van der Waals surface area (Å²) in [6.45, 7) is -2.25. The topological polar surface area (TPSA) is 40.3 Å². The predicted molar refractivity (Wildman–Crippen MR) is 224 cm³/mol. The van der Waals surface area contributed by atoms with Crippen molar-refractivity contribution in [3.63, 3.8) is 0 Å². The molecule has 0 saturated carbocycles. The van der Waals surface area contributed by atoms with Gasteiger partial charge >= 0.3 is 13.9 Å². The van der Waals surface area contributed by atoms with Crippen LogP contribution in [0, 0.1) is 53.4 Å². The molecule has 65 heavy (non-hydrogen) atoms. The summed E-state index contributed by atoms with van der Waals surface area (Å²) in [5.74, 6) is -10.0. The monoisotopic (exact) mass is 940 g/mol. The number of benzene rings is 4. The Hall–Kier alpha value is -7.06. The van der Waals surface area contributed by atoms with E-state index in [4.69, 9.17) is 9.31 Å². The molecular weight excluding hydrogens is 918 g/mol. The van der Waals surface area contributed by atoms with E-state index in [0.29, 0.717) is 40.1 Å². The Balaban J connectivity index is 1.12. The van der Waals surface area contributed by atoms with Crippen LogP contribution < -0.4 is 9.80 Å². The highest BCUT2D eigenvalue weighted by molar-refractivity contribution is 7.18. The Morgan fingerprint density at radius 1 is 0.585 bits per heavy atom. The molecule has 4 aromatic carbocycles. The fraction of sp³-hybridized carbons (Fsp3) is 0. The van der Waals surface area contributed by atoms with E-state index >= 15 is 26.2 Å². The normalized spacial score (nSPS) is 16.6. The smallest absolute Gasteiger partial charge is 0.614 e. The molecule has 0 atom stereocenters. The second-order valence-electron chi connectivity index (χ2n) is 14.2. The lowest BCUT2D eigenvalue weighted by molar-refractivity contribution is -0.388. The first-order chi connectivity index (χ1) is 30.8. The van der Waals surface area contributed by atoms with E-state index in [1.807, 2.05) is 0 Å². The van der Waals surface area contributed by atoms with Gasteiger partial charge in [0.25, 0.3) is 0 Å². The van der Waals surface area contributed by atoms with E-state index in [-0.39, 0.29) is 53.9 Å². The molecule has 0 radical (unpaired) electrons. The summed E-state index contributed by atoms with van der Waals surface area (Å²) in [4.78, 5) is 6.65. The van der Waals surface area contributed by atoms with Gasteiger partial charge in [-0.05, 0) is 91.8 Å². The Morgan fingerprint density at radius 2 is 1.03 bits per heavy atom. The molecule has 2 aromatic heterocycles. The van der Waals surface area contributed by atoms with Crippen LogP contribution in [0.5, 0.6) is 0 Å². The fourth-order valence-corrected chi connectivity index (χ4v) is 9.23. The zero-order valence-electron chi connectivity index (χ0n) is 32.4. The lowest BCUT2D eigenvalue weighted by Crippen LogP contribution is -2.48. The highest BCUT2D eigenvalue weighted by Gasteiger charge is 2.57. The lowest BCUT2D eigenvalue weighted by Gasteiger charge is -2.34. The van der Waals surface area contributed by atoms with Gasteiger partial charge in [0, 0.05) is 36.4 Å². The van der Waals surface area contributed by atoms with Crippen LogP contribution in [-0.4, -0.2) is 29.9 Å². The molecule has 0 fully saturated rings. The van der Waals surface area contributed by atoms with Crippen LogP contribution in [0.25, 0.3) is 0 Å². The molecule has 3 aliphatic rings. The molecule has 0 saturated heterocycles. The number of allylic oxidation sites excluding steroid dienone is 4. The van der Waals surface area contributed by atoms with Crippen molar-refractivity contribution < 1.29 is 66.2 Å². The van der Waals surface area contributed by atoms with Crippen molar-refractivity contribution in [3.05, 3.63) is 207 Å². The summed E-state index contributed by atoms with van der Waals surface area (Å²) in [6, 6.07) is 15.3. The summed E-state index contributed by atoms with van der Waals surface area (Å²) >= 11 is 1.58. The maximum atomic E-state index is 16.5. The molecule has 0 N–H and O–H groups in total. The molecule has 0 spiro atoms. The number of hydrogen-bond acceptors (Lipinski definition) is 7. The fourth-order valence-electron chi connectivity index (χ4n) is 7.17. The summed E-state index contributed by atoms with van der Waals surface area (Å²) in [6.07, 6.45) is 4.69. The lowest BCUT2D eigenvalue weighted by atomic mass is 9.91. The minimum atomic E-state index is -5.21. The Labute approximate surface area is 368 Å². The maximum Gasteiger partial charge on any atom is 0.834 e. The van der Waals surface area contributed by atoms with Crippen LogP contribution in [0.4, 0.5) is 85.1 Å². The van der Waals surface area contributed by atoms with Crippen LogP contribution in [-0.2, 0) is 9.31 Å². The molecule has 5 heterocycles. The van der Waals surface area contributed by atoms with E-state index in [0.717, 1.165) is 81.8 Å². The van der Waals surface area contributed by atoms with Gasteiger partial charge in [-0.25, -0.2) is 40.1 Å². The highest BCUT2D eigenvalue weighted by atomic mass is 32.1. The molecule has 22 heteroatoms. The molecule has 9 rings (SSSR count). The van der Waals surface area contributed by atoms with Gasteiger partial charge in [0.15, 0.2) is 11.5 Å². The van der Waals surface area contributed by atoms with Crippen molar-refractivity contribution in [1.29, 1.82) is 0 Å². The minimum Gasteiger partial charge on any atom is -0.614 e. The average molecular weight is 940 g/mol. The molecule has 6 aromatic rings. The summed E-state index contributed by atoms with van der Waals surface area (Å²) in [7, 11) is -5.21. The molecule has 3 aliphatic heterocycles. The second kappa shape index (κ2) is 16.2. The quantitative estimate of drug-likeness (QED) is 0.0779. The van der Waals surface area contributed by atoms with Crippen LogP contribution in [0.3, 0.4) is 0 Å². The van der Waals surface area contributed by atoms with Gasteiger partial charge in [-0.3, -0.25) is 9.80 Å². The molecule has 0 unspecified atom stereocenters. The number of nitrogens with zero attached hydrogens (tertiary/aromatic N) is 4. The summed E-state index contributed by atoms with van der Waals surface area (Å²) in [5, 5.41) is 0.0983. The third-order valence-corrected chi connectivity index (χ3v) is 12.0. The van der Waals surface area contributed by atoms with E-state index < -0.39 is 83.4 Å². The van der Waals surface area contributed by atoms with Gasteiger partial charge in [-0.2, -0.15) is 0 Å². The van der Waals surface area contributed by atoms with Crippen molar-refractivity contribution in [2.24, 2.45) is 4.99 Å². The number of aliphatic imine (C=N–C) groups is 1. The largest absolute Gasteiger partial charge is 0.834 e. The first-order valence-corrected chi connectivity index (χ1v) is 20.5.